The summed E-state index contributed by atoms with van der Waals surface area (Å²) in [5.74, 6) is 0. The lowest BCUT2D eigenvalue weighted by Crippen LogP contribution is -2.15. The average Bonchev–Trinajstić information content (AvgIpc) is 2.52. The molecule has 0 aromatic carbocycles. The molecule has 0 aliphatic rings. The van der Waals surface area contributed by atoms with Crippen LogP contribution in [0.5, 0.6) is 0 Å². The number of nitrogens with zero attached hydrogens (tertiary/aromatic N) is 2. The number of hydrogen-bond donors (Lipinski definition) is 2. The molecule has 16 heavy (non-hydrogen) atoms. The molecule has 0 spiro atoms. The number of nitrogens with one attached hydrogen (secondary N) is 1. The fraction of sp³-hybridized carbons (Fsp3) is 0.750. The van der Waals surface area contributed by atoms with Crippen molar-refractivity contribution in [2.24, 2.45) is 0 Å². The summed E-state index contributed by atoms with van der Waals surface area (Å²) in [6.07, 6.45) is 2.43. The molecular formula is C12H23N3O. The number of rotatable bonds is 7. The predicted molar refractivity (Wildman–Crippen MR) is 65.4 cm³/mol. The summed E-state index contributed by atoms with van der Waals surface area (Å²) in [4.78, 5) is 0. The number of aromatic nitrogens is 2. The Labute approximate surface area is 97.7 Å². The first kappa shape index (κ1) is 13.2. The van der Waals surface area contributed by atoms with Crippen molar-refractivity contribution in [2.75, 3.05) is 13.2 Å². The summed E-state index contributed by atoms with van der Waals surface area (Å²) in [7, 11) is 0. The van der Waals surface area contributed by atoms with Crippen LogP contribution >= 0.6 is 0 Å². The fourth-order valence-corrected chi connectivity index (χ4v) is 1.82. The largest absolute Gasteiger partial charge is 0.394 e. The van der Waals surface area contributed by atoms with E-state index in [1.165, 1.54) is 18.4 Å². The second-order valence-corrected chi connectivity index (χ2v) is 4.13. The van der Waals surface area contributed by atoms with Crippen LogP contribution in [-0.2, 0) is 13.1 Å². The number of aliphatic hydroxyl groups is 1. The molecule has 0 amide bonds. The number of unbranched alkanes of at least 4 members (excludes halogenated alkanes) is 1. The molecule has 2 N–H and O–H groups in total. The van der Waals surface area contributed by atoms with E-state index < -0.39 is 0 Å². The molecule has 0 saturated carbocycles. The van der Waals surface area contributed by atoms with Gasteiger partial charge >= 0.3 is 0 Å². The van der Waals surface area contributed by atoms with Crippen LogP contribution in [0.15, 0.2) is 0 Å². The molecule has 0 bridgehead atoms. The fourth-order valence-electron chi connectivity index (χ4n) is 1.82. The van der Waals surface area contributed by atoms with Gasteiger partial charge in [0.2, 0.25) is 0 Å². The quantitative estimate of drug-likeness (QED) is 0.689. The smallest absolute Gasteiger partial charge is 0.0644 e. The molecule has 0 radical (unpaired) electrons. The SMILES string of the molecule is CCCCNCc1c(C)nn(CCO)c1C. The van der Waals surface area contributed by atoms with Crippen LogP contribution in [0.3, 0.4) is 0 Å². The highest BCUT2D eigenvalue weighted by atomic mass is 16.3. The van der Waals surface area contributed by atoms with E-state index >= 15 is 0 Å². The van der Waals surface area contributed by atoms with Gasteiger partial charge in [-0.15, -0.1) is 0 Å². The van der Waals surface area contributed by atoms with Gasteiger partial charge in [-0.3, -0.25) is 4.68 Å². The summed E-state index contributed by atoms with van der Waals surface area (Å²) in [6.45, 7) is 8.94. The maximum atomic E-state index is 8.91. The van der Waals surface area contributed by atoms with Crippen molar-refractivity contribution in [1.82, 2.24) is 15.1 Å². The highest BCUT2D eigenvalue weighted by Gasteiger charge is 2.10. The molecule has 92 valence electrons. The Bertz CT molecular complexity index is 320. The van der Waals surface area contributed by atoms with Crippen molar-refractivity contribution in [1.29, 1.82) is 0 Å². The summed E-state index contributed by atoms with van der Waals surface area (Å²) >= 11 is 0. The maximum absolute atomic E-state index is 8.91. The van der Waals surface area contributed by atoms with Gasteiger partial charge in [-0.2, -0.15) is 5.10 Å². The molecule has 4 heteroatoms. The Kier molecular flexibility index (Phi) is 5.49. The number of aryl methyl sites for hydroxylation is 1. The minimum Gasteiger partial charge on any atom is -0.394 e. The van der Waals surface area contributed by atoms with E-state index in [0.29, 0.717) is 6.54 Å². The second-order valence-electron chi connectivity index (χ2n) is 4.13. The third kappa shape index (κ3) is 3.32. The minimum absolute atomic E-state index is 0.144. The summed E-state index contributed by atoms with van der Waals surface area (Å²) < 4.78 is 1.88. The first-order valence-electron chi connectivity index (χ1n) is 6.05. The van der Waals surface area contributed by atoms with Gasteiger partial charge in [0.25, 0.3) is 0 Å². The zero-order valence-corrected chi connectivity index (χ0v) is 10.6. The Morgan fingerprint density at radius 3 is 2.75 bits per heavy atom. The van der Waals surface area contributed by atoms with Crippen LogP contribution in [0.1, 0.15) is 36.7 Å². The van der Waals surface area contributed by atoms with E-state index in [9.17, 15) is 0 Å². The van der Waals surface area contributed by atoms with E-state index in [1.54, 1.807) is 0 Å². The standard InChI is InChI=1S/C12H23N3O/c1-4-5-6-13-9-12-10(2)14-15(7-8-16)11(12)3/h13,16H,4-9H2,1-3H3. The van der Waals surface area contributed by atoms with Crippen LogP contribution in [0.2, 0.25) is 0 Å². The third-order valence-corrected chi connectivity index (χ3v) is 2.85. The highest BCUT2D eigenvalue weighted by Crippen LogP contribution is 2.12. The first-order chi connectivity index (χ1) is 7.70. The molecule has 0 saturated heterocycles. The highest BCUT2D eigenvalue weighted by molar-refractivity contribution is 5.24. The zero-order valence-electron chi connectivity index (χ0n) is 10.6. The average molecular weight is 225 g/mol. The molecule has 0 fully saturated rings. The molecule has 0 atom stereocenters. The van der Waals surface area contributed by atoms with E-state index in [-0.39, 0.29) is 6.61 Å². The van der Waals surface area contributed by atoms with E-state index in [2.05, 4.69) is 24.3 Å². The molecule has 0 aliphatic heterocycles. The van der Waals surface area contributed by atoms with Crippen LogP contribution in [0, 0.1) is 13.8 Å². The van der Waals surface area contributed by atoms with Crippen LogP contribution in [0.25, 0.3) is 0 Å². The molecule has 1 heterocycles. The summed E-state index contributed by atoms with van der Waals surface area (Å²) in [6, 6.07) is 0. The lowest BCUT2D eigenvalue weighted by Gasteiger charge is -2.05. The van der Waals surface area contributed by atoms with Crippen molar-refractivity contribution in [2.45, 2.75) is 46.7 Å². The van der Waals surface area contributed by atoms with Gasteiger partial charge in [-0.05, 0) is 26.8 Å². The van der Waals surface area contributed by atoms with E-state index in [0.717, 1.165) is 24.5 Å². The molecular weight excluding hydrogens is 202 g/mol. The minimum atomic E-state index is 0.144. The normalized spacial score (nSPS) is 11.0. The molecule has 1 aromatic rings. The first-order valence-corrected chi connectivity index (χ1v) is 6.05. The van der Waals surface area contributed by atoms with Crippen molar-refractivity contribution < 1.29 is 5.11 Å². The molecule has 1 aromatic heterocycles. The predicted octanol–water partition coefficient (Wildman–Crippen LogP) is 1.38. The topological polar surface area (TPSA) is 50.1 Å². The van der Waals surface area contributed by atoms with Gasteiger partial charge in [0.15, 0.2) is 0 Å². The van der Waals surface area contributed by atoms with Crippen molar-refractivity contribution >= 4 is 0 Å². The third-order valence-electron chi connectivity index (χ3n) is 2.85. The summed E-state index contributed by atoms with van der Waals surface area (Å²) in [5, 5.41) is 16.8. The lowest BCUT2D eigenvalue weighted by molar-refractivity contribution is 0.267. The zero-order chi connectivity index (χ0) is 12.0. The number of aliphatic hydroxyl groups excluding tert-OH is 1. The molecule has 0 aliphatic carbocycles. The maximum Gasteiger partial charge on any atom is 0.0644 e. The Morgan fingerprint density at radius 2 is 2.12 bits per heavy atom. The Hall–Kier alpha value is -0.870. The van der Waals surface area contributed by atoms with Crippen LogP contribution in [0.4, 0.5) is 0 Å². The summed E-state index contributed by atoms with van der Waals surface area (Å²) in [5.41, 5.74) is 3.50. The van der Waals surface area contributed by atoms with Gasteiger partial charge in [0, 0.05) is 17.8 Å². The van der Waals surface area contributed by atoms with Crippen molar-refractivity contribution in [3.8, 4) is 0 Å². The lowest BCUT2D eigenvalue weighted by atomic mass is 10.2. The van der Waals surface area contributed by atoms with Gasteiger partial charge in [0.1, 0.15) is 0 Å². The van der Waals surface area contributed by atoms with Gasteiger partial charge < -0.3 is 10.4 Å². The van der Waals surface area contributed by atoms with Gasteiger partial charge in [0.05, 0.1) is 18.8 Å². The van der Waals surface area contributed by atoms with E-state index in [1.807, 2.05) is 11.6 Å². The molecule has 0 unspecified atom stereocenters. The van der Waals surface area contributed by atoms with Crippen molar-refractivity contribution in [3.05, 3.63) is 17.0 Å². The Balaban J connectivity index is 2.57. The molecule has 4 nitrogen and oxygen atoms in total. The van der Waals surface area contributed by atoms with Crippen LogP contribution < -0.4 is 5.32 Å². The van der Waals surface area contributed by atoms with E-state index in [4.69, 9.17) is 5.11 Å². The van der Waals surface area contributed by atoms with Crippen LogP contribution in [-0.4, -0.2) is 28.0 Å². The molecule has 1 rings (SSSR count). The monoisotopic (exact) mass is 225 g/mol. The second kappa shape index (κ2) is 6.66. The Morgan fingerprint density at radius 1 is 1.38 bits per heavy atom. The van der Waals surface area contributed by atoms with Gasteiger partial charge in [-0.1, -0.05) is 13.3 Å². The van der Waals surface area contributed by atoms with Crippen molar-refractivity contribution in [3.63, 3.8) is 0 Å². The number of hydrogen-bond acceptors (Lipinski definition) is 3. The van der Waals surface area contributed by atoms with Gasteiger partial charge in [-0.25, -0.2) is 0 Å².